The van der Waals surface area contributed by atoms with Crippen LogP contribution in [0.4, 0.5) is 5.69 Å². The van der Waals surface area contributed by atoms with Crippen molar-refractivity contribution in [1.82, 2.24) is 4.90 Å². The smallest absolute Gasteiger partial charge is 0.261 e. The molecule has 0 atom stereocenters. The van der Waals surface area contributed by atoms with Gasteiger partial charge >= 0.3 is 0 Å². The van der Waals surface area contributed by atoms with Crippen molar-refractivity contribution in [2.75, 3.05) is 24.9 Å². The van der Waals surface area contributed by atoms with Gasteiger partial charge in [0.2, 0.25) is 0 Å². The van der Waals surface area contributed by atoms with Gasteiger partial charge in [-0.2, -0.15) is 0 Å². The van der Waals surface area contributed by atoms with Crippen LogP contribution in [0.2, 0.25) is 0 Å². The van der Waals surface area contributed by atoms with Crippen LogP contribution in [0.3, 0.4) is 0 Å². The number of ether oxygens (including phenoxy) is 1. The second-order valence-corrected chi connectivity index (χ2v) is 9.84. The molecule has 0 saturated carbocycles. The minimum atomic E-state index is -3.80. The zero-order valence-corrected chi connectivity index (χ0v) is 19.6. The quantitative estimate of drug-likeness (QED) is 0.513. The van der Waals surface area contributed by atoms with E-state index in [1.54, 1.807) is 29.2 Å². The number of carbonyl (C=O) groups is 2. The van der Waals surface area contributed by atoms with Crippen molar-refractivity contribution in [3.63, 3.8) is 0 Å². The zero-order chi connectivity index (χ0) is 24.1. The van der Waals surface area contributed by atoms with Gasteiger partial charge in [0.1, 0.15) is 5.75 Å². The van der Waals surface area contributed by atoms with Crippen LogP contribution in [-0.2, 0) is 10.0 Å². The van der Waals surface area contributed by atoms with Crippen LogP contribution in [0.1, 0.15) is 33.6 Å². The third kappa shape index (κ3) is 5.28. The lowest BCUT2D eigenvalue weighted by atomic mass is 9.88. The normalized spacial score (nSPS) is 14.4. The molecule has 34 heavy (non-hydrogen) atoms. The average molecular weight is 479 g/mol. The third-order valence-electron chi connectivity index (χ3n) is 5.97. The Morgan fingerprint density at radius 2 is 1.47 bits per heavy atom. The van der Waals surface area contributed by atoms with E-state index >= 15 is 0 Å². The Labute approximate surface area is 199 Å². The highest BCUT2D eigenvalue weighted by molar-refractivity contribution is 7.92. The number of hydrogen-bond donors (Lipinski definition) is 1. The number of benzene rings is 3. The first-order chi connectivity index (χ1) is 16.4. The lowest BCUT2D eigenvalue weighted by Gasteiger charge is -2.31. The van der Waals surface area contributed by atoms with Gasteiger partial charge in [0.25, 0.3) is 15.9 Å². The van der Waals surface area contributed by atoms with Crippen LogP contribution in [0.5, 0.6) is 5.75 Å². The molecule has 3 aromatic rings. The molecule has 1 fully saturated rings. The summed E-state index contributed by atoms with van der Waals surface area (Å²) < 4.78 is 33.0. The van der Waals surface area contributed by atoms with E-state index in [9.17, 15) is 18.0 Å². The summed E-state index contributed by atoms with van der Waals surface area (Å²) in [6.07, 6.45) is 1.22. The number of amides is 1. The highest BCUT2D eigenvalue weighted by atomic mass is 32.2. The van der Waals surface area contributed by atoms with Gasteiger partial charge in [-0.25, -0.2) is 8.42 Å². The molecule has 1 saturated heterocycles. The van der Waals surface area contributed by atoms with Gasteiger partial charge in [-0.3, -0.25) is 14.3 Å². The van der Waals surface area contributed by atoms with Crippen LogP contribution >= 0.6 is 0 Å². The standard InChI is InChI=1S/C26H26N2O5S/c1-33-23-11-9-22(10-12-23)27-34(31,32)24-13-7-21(8-14-24)26(30)28-17-15-20(16-18-28)25(29)19-5-3-2-4-6-19/h2-14,20,27H,15-18H2,1H3. The Hall–Kier alpha value is -3.65. The number of nitrogens with zero attached hydrogens (tertiary/aromatic N) is 1. The summed E-state index contributed by atoms with van der Waals surface area (Å²) >= 11 is 0. The topological polar surface area (TPSA) is 92.8 Å². The summed E-state index contributed by atoms with van der Waals surface area (Å²) in [5.41, 5.74) is 1.53. The second kappa shape index (κ2) is 10.1. The molecular formula is C26H26N2O5S. The van der Waals surface area contributed by atoms with Crippen molar-refractivity contribution in [3.8, 4) is 5.75 Å². The van der Waals surface area contributed by atoms with Gasteiger partial charge in [-0.1, -0.05) is 30.3 Å². The molecule has 0 aromatic heterocycles. The number of piperidine rings is 1. The summed E-state index contributed by atoms with van der Waals surface area (Å²) in [6, 6.07) is 21.6. The average Bonchev–Trinajstić information content (AvgIpc) is 2.89. The van der Waals surface area contributed by atoms with E-state index in [1.165, 1.54) is 31.4 Å². The molecule has 0 bridgehead atoms. The second-order valence-electron chi connectivity index (χ2n) is 8.16. The van der Waals surface area contributed by atoms with Crippen molar-refractivity contribution < 1.29 is 22.7 Å². The van der Waals surface area contributed by atoms with E-state index in [-0.39, 0.29) is 22.5 Å². The van der Waals surface area contributed by atoms with E-state index in [4.69, 9.17) is 4.74 Å². The Kier molecular flexibility index (Phi) is 6.98. The molecule has 3 aromatic carbocycles. The molecule has 8 heteroatoms. The van der Waals surface area contributed by atoms with Crippen molar-refractivity contribution in [2.45, 2.75) is 17.7 Å². The van der Waals surface area contributed by atoms with E-state index in [0.29, 0.717) is 48.5 Å². The Balaban J connectivity index is 1.37. The van der Waals surface area contributed by atoms with Gasteiger partial charge in [0.05, 0.1) is 12.0 Å². The summed E-state index contributed by atoms with van der Waals surface area (Å²) in [5.74, 6) is 0.478. The fourth-order valence-corrected chi connectivity index (χ4v) is 5.07. The first kappa shape index (κ1) is 23.5. The van der Waals surface area contributed by atoms with Crippen molar-refractivity contribution in [2.24, 2.45) is 5.92 Å². The fourth-order valence-electron chi connectivity index (χ4n) is 4.02. The molecule has 4 rings (SSSR count). The minimum Gasteiger partial charge on any atom is -0.497 e. The molecule has 1 N–H and O–H groups in total. The van der Waals surface area contributed by atoms with Crippen molar-refractivity contribution in [1.29, 1.82) is 0 Å². The van der Waals surface area contributed by atoms with Gasteiger partial charge in [-0.05, 0) is 61.4 Å². The Bertz CT molecular complexity index is 1250. The maximum absolute atomic E-state index is 12.9. The third-order valence-corrected chi connectivity index (χ3v) is 7.36. The molecule has 0 radical (unpaired) electrons. The largest absolute Gasteiger partial charge is 0.497 e. The number of carbonyl (C=O) groups excluding carboxylic acids is 2. The number of anilines is 1. The number of sulfonamides is 1. The van der Waals surface area contributed by atoms with Gasteiger partial charge in [-0.15, -0.1) is 0 Å². The molecule has 7 nitrogen and oxygen atoms in total. The van der Waals surface area contributed by atoms with E-state index in [2.05, 4.69) is 4.72 Å². The van der Waals surface area contributed by atoms with Gasteiger partial charge < -0.3 is 9.64 Å². The number of methoxy groups -OCH3 is 1. The summed E-state index contributed by atoms with van der Waals surface area (Å²) in [6.45, 7) is 0.975. The molecule has 1 aliphatic rings. The number of ketones is 1. The maximum Gasteiger partial charge on any atom is 0.261 e. The highest BCUT2D eigenvalue weighted by Crippen LogP contribution is 2.24. The number of likely N-dealkylation sites (tertiary alicyclic amines) is 1. The molecule has 0 unspecified atom stereocenters. The predicted octanol–water partition coefficient (Wildman–Crippen LogP) is 4.23. The van der Waals surface area contributed by atoms with Crippen molar-refractivity contribution >= 4 is 27.4 Å². The monoisotopic (exact) mass is 478 g/mol. The maximum atomic E-state index is 12.9. The number of nitrogens with one attached hydrogen (secondary N) is 1. The molecule has 1 heterocycles. The SMILES string of the molecule is COc1ccc(NS(=O)(=O)c2ccc(C(=O)N3CCC(C(=O)c4ccccc4)CC3)cc2)cc1. The lowest BCUT2D eigenvalue weighted by Crippen LogP contribution is -2.40. The fraction of sp³-hybridized carbons (Fsp3) is 0.231. The summed E-state index contributed by atoms with van der Waals surface area (Å²) in [5, 5.41) is 0. The summed E-state index contributed by atoms with van der Waals surface area (Å²) in [4.78, 5) is 27.4. The van der Waals surface area contributed by atoms with Crippen LogP contribution < -0.4 is 9.46 Å². The molecular weight excluding hydrogens is 452 g/mol. The van der Waals surface area contributed by atoms with E-state index in [1.807, 2.05) is 30.3 Å². The molecule has 1 amide bonds. The van der Waals surface area contributed by atoms with E-state index in [0.717, 1.165) is 0 Å². The van der Waals surface area contributed by atoms with E-state index < -0.39 is 10.0 Å². The number of hydrogen-bond acceptors (Lipinski definition) is 5. The first-order valence-electron chi connectivity index (χ1n) is 11.0. The molecule has 176 valence electrons. The first-order valence-corrected chi connectivity index (χ1v) is 12.5. The van der Waals surface area contributed by atoms with Gasteiger partial charge in [0.15, 0.2) is 5.78 Å². The number of rotatable bonds is 7. The lowest BCUT2D eigenvalue weighted by molar-refractivity contribution is 0.0650. The molecule has 0 spiro atoms. The Morgan fingerprint density at radius 1 is 0.853 bits per heavy atom. The van der Waals surface area contributed by atoms with Crippen LogP contribution in [0, 0.1) is 5.92 Å². The summed E-state index contributed by atoms with van der Waals surface area (Å²) in [7, 11) is -2.26. The predicted molar refractivity (Wildman–Crippen MR) is 130 cm³/mol. The number of Topliss-reactive ketones (excluding diaryl/α,β-unsaturated/α-hetero) is 1. The van der Waals surface area contributed by atoms with Crippen LogP contribution in [0.25, 0.3) is 0 Å². The van der Waals surface area contributed by atoms with Gasteiger partial charge in [0, 0.05) is 35.8 Å². The molecule has 0 aliphatic carbocycles. The Morgan fingerprint density at radius 3 is 2.06 bits per heavy atom. The highest BCUT2D eigenvalue weighted by Gasteiger charge is 2.28. The minimum absolute atomic E-state index is 0.0621. The van der Waals surface area contributed by atoms with Crippen LogP contribution in [0.15, 0.2) is 83.8 Å². The zero-order valence-electron chi connectivity index (χ0n) is 18.8. The van der Waals surface area contributed by atoms with Crippen molar-refractivity contribution in [3.05, 3.63) is 90.0 Å². The molecule has 1 aliphatic heterocycles. The van der Waals surface area contributed by atoms with Crippen LogP contribution in [-0.4, -0.2) is 45.2 Å².